The largest absolute Gasteiger partial charge is 0.366 e. The number of hydrogen-bond donors (Lipinski definition) is 3. The van der Waals surface area contributed by atoms with Crippen molar-refractivity contribution in [3.8, 4) is 6.07 Å². The van der Waals surface area contributed by atoms with Crippen LogP contribution in [0.3, 0.4) is 0 Å². The first kappa shape index (κ1) is 19.7. The molecule has 1 aliphatic heterocycles. The highest BCUT2D eigenvalue weighted by atomic mass is 32.2. The highest BCUT2D eigenvalue weighted by Gasteiger charge is 2.34. The van der Waals surface area contributed by atoms with E-state index in [-0.39, 0.29) is 11.7 Å². The number of nitrogens with zero attached hydrogens (tertiary/aromatic N) is 1. The van der Waals surface area contributed by atoms with Gasteiger partial charge in [-0.3, -0.25) is 9.59 Å². The fourth-order valence-corrected chi connectivity index (χ4v) is 4.68. The maximum atomic E-state index is 12.3. The highest BCUT2D eigenvalue weighted by Crippen LogP contribution is 2.41. The number of dihydropyridines is 1. The molecule has 0 unspecified atom stereocenters. The summed E-state index contributed by atoms with van der Waals surface area (Å²) in [5, 5.41) is 18.1. The summed E-state index contributed by atoms with van der Waals surface area (Å²) in [4.78, 5) is 25.2. The molecular formula is C20H18N4O2S2. The number of nitrogens with one attached hydrogen (secondary N) is 2. The molecule has 1 aromatic carbocycles. The van der Waals surface area contributed by atoms with Crippen LogP contribution < -0.4 is 16.4 Å². The van der Waals surface area contributed by atoms with E-state index >= 15 is 0 Å². The molecule has 0 saturated carbocycles. The molecule has 0 spiro atoms. The van der Waals surface area contributed by atoms with Crippen molar-refractivity contribution >= 4 is 40.6 Å². The quantitative estimate of drug-likeness (QED) is 0.677. The van der Waals surface area contributed by atoms with Gasteiger partial charge in [0.1, 0.15) is 0 Å². The summed E-state index contributed by atoms with van der Waals surface area (Å²) < 4.78 is 0. The number of carbonyl (C=O) groups is 2. The Morgan fingerprint density at radius 2 is 2.04 bits per heavy atom. The van der Waals surface area contributed by atoms with Gasteiger partial charge in [-0.15, -0.1) is 11.3 Å². The maximum absolute atomic E-state index is 12.3. The molecule has 0 saturated heterocycles. The number of amides is 2. The third kappa shape index (κ3) is 4.27. The van der Waals surface area contributed by atoms with Gasteiger partial charge in [0.25, 0.3) is 0 Å². The van der Waals surface area contributed by atoms with Crippen LogP contribution in [0.2, 0.25) is 0 Å². The molecular weight excluding hydrogens is 392 g/mol. The van der Waals surface area contributed by atoms with Crippen LogP contribution in [0, 0.1) is 11.3 Å². The highest BCUT2D eigenvalue weighted by molar-refractivity contribution is 8.03. The van der Waals surface area contributed by atoms with E-state index in [0.29, 0.717) is 27.6 Å². The van der Waals surface area contributed by atoms with Gasteiger partial charge in [-0.2, -0.15) is 5.26 Å². The summed E-state index contributed by atoms with van der Waals surface area (Å²) in [5.41, 5.74) is 7.65. The maximum Gasteiger partial charge on any atom is 0.247 e. The number of anilines is 1. The fraction of sp³-hybridized carbons (Fsp3) is 0.150. The molecule has 8 heteroatoms. The molecule has 2 heterocycles. The molecule has 2 amide bonds. The molecule has 0 fully saturated rings. The van der Waals surface area contributed by atoms with Crippen molar-refractivity contribution in [1.29, 1.82) is 5.26 Å². The number of thiophene rings is 1. The second-order valence-electron chi connectivity index (χ2n) is 6.03. The van der Waals surface area contributed by atoms with E-state index in [9.17, 15) is 14.9 Å². The van der Waals surface area contributed by atoms with Gasteiger partial charge >= 0.3 is 0 Å². The monoisotopic (exact) mass is 410 g/mol. The van der Waals surface area contributed by atoms with Gasteiger partial charge in [-0.1, -0.05) is 36.0 Å². The van der Waals surface area contributed by atoms with E-state index in [0.717, 1.165) is 4.88 Å². The second kappa shape index (κ2) is 8.78. The third-order valence-electron chi connectivity index (χ3n) is 4.15. The van der Waals surface area contributed by atoms with Crippen LogP contribution in [0.25, 0.3) is 0 Å². The molecule has 1 atom stereocenters. The number of allylic oxidation sites excluding steroid dienone is 2. The molecule has 0 aliphatic carbocycles. The zero-order valence-electron chi connectivity index (χ0n) is 15.1. The van der Waals surface area contributed by atoms with E-state index < -0.39 is 11.8 Å². The Morgan fingerprint density at radius 1 is 1.29 bits per heavy atom. The average molecular weight is 411 g/mol. The number of nitrogens with two attached hydrogens (primary N) is 1. The summed E-state index contributed by atoms with van der Waals surface area (Å²) in [6, 6.07) is 15.1. The average Bonchev–Trinajstić information content (AvgIpc) is 3.20. The Labute approximate surface area is 171 Å². The van der Waals surface area contributed by atoms with Gasteiger partial charge in [-0.25, -0.2) is 0 Å². The van der Waals surface area contributed by atoms with E-state index in [4.69, 9.17) is 5.73 Å². The topological polar surface area (TPSA) is 108 Å². The lowest BCUT2D eigenvalue weighted by Gasteiger charge is -2.28. The van der Waals surface area contributed by atoms with Crippen LogP contribution in [0.5, 0.6) is 0 Å². The van der Waals surface area contributed by atoms with Crippen LogP contribution in [0.1, 0.15) is 17.7 Å². The Hall–Kier alpha value is -3.02. The van der Waals surface area contributed by atoms with Crippen LogP contribution in [-0.4, -0.2) is 17.6 Å². The molecule has 2 aromatic rings. The molecule has 142 valence electrons. The number of hydrogen-bond acceptors (Lipinski definition) is 6. The van der Waals surface area contributed by atoms with Crippen molar-refractivity contribution < 1.29 is 9.59 Å². The zero-order chi connectivity index (χ0) is 20.1. The lowest BCUT2D eigenvalue weighted by atomic mass is 9.86. The van der Waals surface area contributed by atoms with Gasteiger partial charge in [0.2, 0.25) is 11.8 Å². The predicted molar refractivity (Wildman–Crippen MR) is 112 cm³/mol. The van der Waals surface area contributed by atoms with Crippen LogP contribution >= 0.6 is 23.1 Å². The lowest BCUT2D eigenvalue weighted by molar-refractivity contribution is -0.115. The summed E-state index contributed by atoms with van der Waals surface area (Å²) in [6.07, 6.45) is 0. The van der Waals surface area contributed by atoms with Crippen molar-refractivity contribution in [2.75, 3.05) is 11.1 Å². The molecule has 4 N–H and O–H groups in total. The lowest BCUT2D eigenvalue weighted by Crippen LogP contribution is -2.31. The van der Waals surface area contributed by atoms with Crippen LogP contribution in [0.4, 0.5) is 5.69 Å². The number of primary amides is 1. The standard InChI is InChI=1S/C20H18N4O2S2/c1-12-17(19(22)26)18(15-8-5-9-27-15)14(10-21)20(23-12)28-11-16(25)24-13-6-3-2-4-7-13/h2-9,18,23H,11H2,1H3,(H2,22,26)(H,24,25)/t18-/m0/s1. The van der Waals surface area contributed by atoms with Crippen LogP contribution in [-0.2, 0) is 9.59 Å². The molecule has 0 bridgehead atoms. The van der Waals surface area contributed by atoms with Gasteiger partial charge in [0, 0.05) is 21.8 Å². The van der Waals surface area contributed by atoms with Crippen molar-refractivity contribution in [2.45, 2.75) is 12.8 Å². The van der Waals surface area contributed by atoms with E-state index in [1.807, 2.05) is 35.7 Å². The molecule has 6 nitrogen and oxygen atoms in total. The number of nitriles is 1. The molecule has 0 radical (unpaired) electrons. The third-order valence-corrected chi connectivity index (χ3v) is 6.10. The van der Waals surface area contributed by atoms with E-state index in [1.54, 1.807) is 19.1 Å². The van der Waals surface area contributed by atoms with Crippen LogP contribution in [0.15, 0.2) is 69.7 Å². The van der Waals surface area contributed by atoms with Crippen molar-refractivity contribution in [1.82, 2.24) is 5.32 Å². The SMILES string of the molecule is CC1=C(C(N)=O)[C@H](c2cccs2)C(C#N)=C(SCC(=O)Nc2ccccc2)N1. The summed E-state index contributed by atoms with van der Waals surface area (Å²) >= 11 is 2.68. The summed E-state index contributed by atoms with van der Waals surface area (Å²) in [5.74, 6) is -1.15. The first-order valence-electron chi connectivity index (χ1n) is 8.44. The van der Waals surface area contributed by atoms with Gasteiger partial charge in [0.15, 0.2) is 0 Å². The van der Waals surface area contributed by atoms with Gasteiger partial charge in [-0.05, 0) is 30.5 Å². The summed E-state index contributed by atoms with van der Waals surface area (Å²) in [6.45, 7) is 1.75. The number of carbonyl (C=O) groups excluding carboxylic acids is 2. The van der Waals surface area contributed by atoms with Gasteiger partial charge in [0.05, 0.1) is 28.3 Å². The predicted octanol–water partition coefficient (Wildman–Crippen LogP) is 3.30. The number of thioether (sulfide) groups is 1. The number of rotatable bonds is 6. The Balaban J connectivity index is 1.83. The smallest absolute Gasteiger partial charge is 0.247 e. The van der Waals surface area contributed by atoms with E-state index in [2.05, 4.69) is 16.7 Å². The van der Waals surface area contributed by atoms with Crippen molar-refractivity contribution in [3.05, 3.63) is 74.6 Å². The fourth-order valence-electron chi connectivity index (χ4n) is 2.95. The normalized spacial score (nSPS) is 16.4. The Kier molecular flexibility index (Phi) is 6.19. The first-order chi connectivity index (χ1) is 13.5. The Morgan fingerprint density at radius 3 is 2.64 bits per heavy atom. The summed E-state index contributed by atoms with van der Waals surface area (Å²) in [7, 11) is 0. The molecule has 3 rings (SSSR count). The second-order valence-corrected chi connectivity index (χ2v) is 8.00. The van der Waals surface area contributed by atoms with E-state index in [1.165, 1.54) is 23.1 Å². The minimum atomic E-state index is -0.568. The minimum absolute atomic E-state index is 0.124. The molecule has 1 aromatic heterocycles. The zero-order valence-corrected chi connectivity index (χ0v) is 16.7. The molecule has 1 aliphatic rings. The van der Waals surface area contributed by atoms with Crippen molar-refractivity contribution in [2.24, 2.45) is 5.73 Å². The molecule has 28 heavy (non-hydrogen) atoms. The number of para-hydroxylation sites is 1. The first-order valence-corrected chi connectivity index (χ1v) is 10.3. The minimum Gasteiger partial charge on any atom is -0.366 e. The Bertz CT molecular complexity index is 989. The number of benzene rings is 1. The van der Waals surface area contributed by atoms with Gasteiger partial charge < -0.3 is 16.4 Å². The van der Waals surface area contributed by atoms with Crippen molar-refractivity contribution in [3.63, 3.8) is 0 Å².